The molecule has 1 aromatic heterocycles. The summed E-state index contributed by atoms with van der Waals surface area (Å²) >= 11 is 0. The highest BCUT2D eigenvalue weighted by Crippen LogP contribution is 2.34. The van der Waals surface area contributed by atoms with Crippen LogP contribution in [0.1, 0.15) is 17.5 Å². The molecule has 2 aliphatic heterocycles. The first-order chi connectivity index (χ1) is 12.7. The number of benzene rings is 1. The predicted octanol–water partition coefficient (Wildman–Crippen LogP) is 2.70. The molecule has 0 spiro atoms. The highest BCUT2D eigenvalue weighted by atomic mass is 19.1. The first-order valence-electron chi connectivity index (χ1n) is 9.41. The fourth-order valence-electron chi connectivity index (χ4n) is 4.15. The van der Waals surface area contributed by atoms with Gasteiger partial charge in [-0.2, -0.15) is 0 Å². The Bertz CT molecular complexity index is 710. The number of rotatable bonds is 5. The van der Waals surface area contributed by atoms with Gasteiger partial charge in [0.2, 0.25) is 0 Å². The molecular formula is C21H26FN3O. The van der Waals surface area contributed by atoms with E-state index < -0.39 is 0 Å². The molecule has 2 fully saturated rings. The summed E-state index contributed by atoms with van der Waals surface area (Å²) in [5, 5.41) is 0. The number of hydrogen-bond acceptors (Lipinski definition) is 4. The van der Waals surface area contributed by atoms with Crippen molar-refractivity contribution in [2.24, 2.45) is 0 Å². The lowest BCUT2D eigenvalue weighted by Crippen LogP contribution is -2.51. The van der Waals surface area contributed by atoms with Crippen molar-refractivity contribution in [3.05, 3.63) is 65.7 Å². The zero-order valence-corrected chi connectivity index (χ0v) is 15.1. The van der Waals surface area contributed by atoms with Gasteiger partial charge >= 0.3 is 0 Å². The van der Waals surface area contributed by atoms with Crippen LogP contribution >= 0.6 is 0 Å². The van der Waals surface area contributed by atoms with Gasteiger partial charge in [-0.15, -0.1) is 0 Å². The molecule has 1 aromatic carbocycles. The van der Waals surface area contributed by atoms with Crippen molar-refractivity contribution >= 4 is 0 Å². The predicted molar refractivity (Wildman–Crippen MR) is 99.5 cm³/mol. The SMILES string of the molecule is Fc1cccc(C2(CN3CCN(Cc4ccncc4)CC3)CCOC2)c1. The van der Waals surface area contributed by atoms with Gasteiger partial charge in [0.1, 0.15) is 5.82 Å². The number of aromatic nitrogens is 1. The summed E-state index contributed by atoms with van der Waals surface area (Å²) in [6.45, 7) is 7.58. The van der Waals surface area contributed by atoms with Gasteiger partial charge in [0.15, 0.2) is 0 Å². The number of pyridine rings is 1. The maximum Gasteiger partial charge on any atom is 0.123 e. The number of ether oxygens (including phenoxy) is 1. The third-order valence-corrected chi connectivity index (χ3v) is 5.69. The number of halogens is 1. The maximum absolute atomic E-state index is 13.8. The summed E-state index contributed by atoms with van der Waals surface area (Å²) < 4.78 is 19.5. The second kappa shape index (κ2) is 7.82. The highest BCUT2D eigenvalue weighted by Gasteiger charge is 2.39. The highest BCUT2D eigenvalue weighted by molar-refractivity contribution is 5.28. The first-order valence-corrected chi connectivity index (χ1v) is 9.41. The summed E-state index contributed by atoms with van der Waals surface area (Å²) in [5.41, 5.74) is 2.32. The van der Waals surface area contributed by atoms with Crippen LogP contribution < -0.4 is 0 Å². The second-order valence-electron chi connectivity index (χ2n) is 7.50. The lowest BCUT2D eigenvalue weighted by Gasteiger charge is -2.40. The Hall–Kier alpha value is -1.82. The molecule has 0 radical (unpaired) electrons. The van der Waals surface area contributed by atoms with E-state index in [1.54, 1.807) is 6.07 Å². The fraction of sp³-hybridized carbons (Fsp3) is 0.476. The summed E-state index contributed by atoms with van der Waals surface area (Å²) in [7, 11) is 0. The van der Waals surface area contributed by atoms with E-state index in [-0.39, 0.29) is 11.2 Å². The standard InChI is InChI=1S/C21H26FN3O/c22-20-3-1-2-19(14-20)21(6-13-26-17-21)16-25-11-9-24(10-12-25)15-18-4-7-23-8-5-18/h1-5,7-8,14H,6,9-13,15-17H2. The van der Waals surface area contributed by atoms with E-state index >= 15 is 0 Å². The largest absolute Gasteiger partial charge is 0.380 e. The molecule has 4 nitrogen and oxygen atoms in total. The topological polar surface area (TPSA) is 28.6 Å². The minimum absolute atomic E-state index is 0.0740. The van der Waals surface area contributed by atoms with Gasteiger partial charge in [-0.1, -0.05) is 12.1 Å². The van der Waals surface area contributed by atoms with Gasteiger partial charge in [0.25, 0.3) is 0 Å². The Morgan fingerprint density at radius 3 is 2.50 bits per heavy atom. The Labute approximate surface area is 154 Å². The van der Waals surface area contributed by atoms with Gasteiger partial charge in [-0.05, 0) is 41.8 Å². The van der Waals surface area contributed by atoms with Gasteiger partial charge in [0, 0.05) is 63.7 Å². The van der Waals surface area contributed by atoms with Crippen LogP contribution in [-0.2, 0) is 16.7 Å². The smallest absolute Gasteiger partial charge is 0.123 e. The van der Waals surface area contributed by atoms with E-state index in [2.05, 4.69) is 33.0 Å². The van der Waals surface area contributed by atoms with Crippen molar-refractivity contribution < 1.29 is 9.13 Å². The molecule has 1 atom stereocenters. The van der Waals surface area contributed by atoms with E-state index in [0.717, 1.165) is 57.9 Å². The average molecular weight is 355 g/mol. The first kappa shape index (κ1) is 17.6. The molecule has 0 bridgehead atoms. The van der Waals surface area contributed by atoms with Crippen molar-refractivity contribution in [1.29, 1.82) is 0 Å². The molecule has 26 heavy (non-hydrogen) atoms. The molecule has 1 unspecified atom stereocenters. The molecule has 0 aliphatic carbocycles. The molecule has 0 N–H and O–H groups in total. The zero-order valence-electron chi connectivity index (χ0n) is 15.1. The third kappa shape index (κ3) is 3.95. The fourth-order valence-corrected chi connectivity index (χ4v) is 4.15. The summed E-state index contributed by atoms with van der Waals surface area (Å²) in [6, 6.07) is 11.2. The van der Waals surface area contributed by atoms with Gasteiger partial charge in [-0.25, -0.2) is 4.39 Å². The van der Waals surface area contributed by atoms with Crippen molar-refractivity contribution in [2.75, 3.05) is 45.9 Å². The summed E-state index contributed by atoms with van der Waals surface area (Å²) in [5.74, 6) is -0.157. The molecule has 2 aliphatic rings. The molecule has 138 valence electrons. The average Bonchev–Trinajstić information content (AvgIpc) is 3.14. The molecule has 2 saturated heterocycles. The molecule has 5 heteroatoms. The summed E-state index contributed by atoms with van der Waals surface area (Å²) in [6.07, 6.45) is 4.68. The zero-order chi connectivity index (χ0) is 17.8. The van der Waals surface area contributed by atoms with Crippen molar-refractivity contribution in [2.45, 2.75) is 18.4 Å². The van der Waals surface area contributed by atoms with Crippen LogP contribution in [0, 0.1) is 5.82 Å². The van der Waals surface area contributed by atoms with E-state index in [1.165, 1.54) is 11.6 Å². The van der Waals surface area contributed by atoms with Gasteiger partial charge in [0.05, 0.1) is 6.61 Å². The third-order valence-electron chi connectivity index (χ3n) is 5.69. The molecule has 0 saturated carbocycles. The lowest BCUT2D eigenvalue weighted by atomic mass is 9.79. The van der Waals surface area contributed by atoms with E-state index in [1.807, 2.05) is 18.5 Å². The Balaban J connectivity index is 1.38. The van der Waals surface area contributed by atoms with Crippen LogP contribution in [-0.4, -0.2) is 60.7 Å². The van der Waals surface area contributed by atoms with Crippen LogP contribution in [0.3, 0.4) is 0 Å². The number of nitrogens with zero attached hydrogens (tertiary/aromatic N) is 3. The second-order valence-corrected chi connectivity index (χ2v) is 7.50. The van der Waals surface area contributed by atoms with Gasteiger partial charge < -0.3 is 4.74 Å². The van der Waals surface area contributed by atoms with E-state index in [9.17, 15) is 4.39 Å². The quantitative estimate of drug-likeness (QED) is 0.825. The minimum atomic E-state index is -0.157. The lowest BCUT2D eigenvalue weighted by molar-refractivity contribution is 0.0958. The van der Waals surface area contributed by atoms with Crippen LogP contribution in [0.25, 0.3) is 0 Å². The summed E-state index contributed by atoms with van der Waals surface area (Å²) in [4.78, 5) is 9.09. The van der Waals surface area contributed by atoms with Crippen molar-refractivity contribution in [1.82, 2.24) is 14.8 Å². The van der Waals surface area contributed by atoms with Crippen LogP contribution in [0.5, 0.6) is 0 Å². The van der Waals surface area contributed by atoms with Crippen molar-refractivity contribution in [3.63, 3.8) is 0 Å². The Morgan fingerprint density at radius 2 is 1.81 bits per heavy atom. The van der Waals surface area contributed by atoms with Crippen LogP contribution in [0.2, 0.25) is 0 Å². The Morgan fingerprint density at radius 1 is 1.04 bits per heavy atom. The van der Waals surface area contributed by atoms with E-state index in [4.69, 9.17) is 4.74 Å². The number of piperazine rings is 1. The molecule has 3 heterocycles. The normalized spacial score (nSPS) is 24.8. The molecular weight excluding hydrogens is 329 g/mol. The monoisotopic (exact) mass is 355 g/mol. The number of hydrogen-bond donors (Lipinski definition) is 0. The van der Waals surface area contributed by atoms with E-state index in [0.29, 0.717) is 6.61 Å². The van der Waals surface area contributed by atoms with Crippen LogP contribution in [0.4, 0.5) is 4.39 Å². The Kier molecular flexibility index (Phi) is 5.29. The minimum Gasteiger partial charge on any atom is -0.380 e. The maximum atomic E-state index is 13.8. The molecule has 0 amide bonds. The molecule has 2 aromatic rings. The molecule has 4 rings (SSSR count). The van der Waals surface area contributed by atoms with Crippen molar-refractivity contribution in [3.8, 4) is 0 Å². The van der Waals surface area contributed by atoms with Gasteiger partial charge in [-0.3, -0.25) is 14.8 Å². The van der Waals surface area contributed by atoms with Crippen LogP contribution in [0.15, 0.2) is 48.8 Å².